The van der Waals surface area contributed by atoms with Crippen LogP contribution in [-0.2, 0) is 18.4 Å². The molecule has 2 aliphatic rings. The number of hydrogen-bond acceptors (Lipinski definition) is 6. The van der Waals surface area contributed by atoms with E-state index in [0.717, 1.165) is 28.2 Å². The Morgan fingerprint density at radius 3 is 2.89 bits per heavy atom. The Morgan fingerprint density at radius 2 is 2.04 bits per heavy atom. The highest BCUT2D eigenvalue weighted by Crippen LogP contribution is 2.36. The number of carbonyl (C=O) groups is 1. The summed E-state index contributed by atoms with van der Waals surface area (Å²) in [6.45, 7) is 0.613. The molecule has 1 fully saturated rings. The first-order valence-electron chi connectivity index (χ1n) is 8.65. The molecule has 3 heterocycles. The van der Waals surface area contributed by atoms with Crippen LogP contribution in [0.1, 0.15) is 11.4 Å². The number of hydrogen-bond donors (Lipinski definition) is 0. The number of thioether (sulfide) groups is 1. The lowest BCUT2D eigenvalue weighted by molar-refractivity contribution is -0.122. The third-order valence-electron chi connectivity index (χ3n) is 4.73. The third kappa shape index (κ3) is 2.85. The average molecular weight is 409 g/mol. The maximum Gasteiger partial charge on any atom is 0.266 e. The van der Waals surface area contributed by atoms with Crippen molar-refractivity contribution in [3.63, 3.8) is 0 Å². The fraction of sp³-hybridized carbons (Fsp3) is 0.150. The van der Waals surface area contributed by atoms with E-state index in [1.54, 1.807) is 11.0 Å². The van der Waals surface area contributed by atoms with E-state index in [1.165, 1.54) is 11.8 Å². The summed E-state index contributed by atoms with van der Waals surface area (Å²) in [7, 11) is 1.94. The van der Waals surface area contributed by atoms with E-state index in [-0.39, 0.29) is 12.7 Å². The second kappa shape index (κ2) is 6.65. The van der Waals surface area contributed by atoms with Crippen molar-refractivity contribution in [3.8, 4) is 11.5 Å². The summed E-state index contributed by atoms with van der Waals surface area (Å²) < 4.78 is 13.3. The van der Waals surface area contributed by atoms with Crippen LogP contribution in [0.15, 0.2) is 47.4 Å². The van der Waals surface area contributed by atoms with Crippen LogP contribution in [0, 0.1) is 0 Å². The number of aryl methyl sites for hydroxylation is 1. The molecule has 8 heteroatoms. The predicted octanol–water partition coefficient (Wildman–Crippen LogP) is 3.70. The lowest BCUT2D eigenvalue weighted by atomic mass is 10.2. The first-order chi connectivity index (χ1) is 13.6. The number of amides is 1. The highest BCUT2D eigenvalue weighted by molar-refractivity contribution is 8.26. The van der Waals surface area contributed by atoms with E-state index >= 15 is 0 Å². The van der Waals surface area contributed by atoms with Crippen LogP contribution < -0.4 is 9.47 Å². The molecule has 0 N–H and O–H groups in total. The molecule has 1 saturated heterocycles. The number of nitrogens with zero attached hydrogens (tertiary/aromatic N) is 3. The molecule has 0 saturated carbocycles. The topological polar surface area (TPSA) is 56.6 Å². The van der Waals surface area contributed by atoms with Crippen molar-refractivity contribution in [1.82, 2.24) is 14.5 Å². The molecule has 0 atom stereocenters. The van der Waals surface area contributed by atoms with Crippen molar-refractivity contribution in [2.24, 2.45) is 7.05 Å². The van der Waals surface area contributed by atoms with E-state index in [1.807, 2.05) is 54.1 Å². The standard InChI is InChI=1S/C20H15N3O3S2/c1-22-14-5-3-2-4-13(14)21-18(22)9-17-19(24)23(20(27)28-17)10-12-6-7-15-16(8-12)26-11-25-15/h2-9H,10-11H2,1H3/b17-9-. The molecule has 0 aliphatic carbocycles. The van der Waals surface area contributed by atoms with Gasteiger partial charge in [0.15, 0.2) is 11.5 Å². The Labute approximate surface area is 170 Å². The quantitative estimate of drug-likeness (QED) is 0.486. The smallest absolute Gasteiger partial charge is 0.266 e. The van der Waals surface area contributed by atoms with Crippen molar-refractivity contribution < 1.29 is 14.3 Å². The minimum Gasteiger partial charge on any atom is -0.454 e. The number of imidazole rings is 1. The van der Waals surface area contributed by atoms with Gasteiger partial charge in [-0.1, -0.05) is 42.2 Å². The van der Waals surface area contributed by atoms with E-state index in [2.05, 4.69) is 4.98 Å². The van der Waals surface area contributed by atoms with E-state index in [9.17, 15) is 4.79 Å². The largest absolute Gasteiger partial charge is 0.454 e. The first kappa shape index (κ1) is 17.3. The van der Waals surface area contributed by atoms with E-state index < -0.39 is 0 Å². The van der Waals surface area contributed by atoms with Crippen LogP contribution in [0.3, 0.4) is 0 Å². The van der Waals surface area contributed by atoms with Crippen molar-refractivity contribution in [2.45, 2.75) is 6.54 Å². The molecule has 6 nitrogen and oxygen atoms in total. The van der Waals surface area contributed by atoms with Crippen molar-refractivity contribution in [2.75, 3.05) is 6.79 Å². The van der Waals surface area contributed by atoms with Crippen LogP contribution in [0.5, 0.6) is 11.5 Å². The number of para-hydroxylation sites is 2. The first-order valence-corrected chi connectivity index (χ1v) is 9.88. The minimum atomic E-state index is -0.111. The number of rotatable bonds is 3. The van der Waals surface area contributed by atoms with Gasteiger partial charge in [-0.05, 0) is 29.8 Å². The molecule has 0 spiro atoms. The summed E-state index contributed by atoms with van der Waals surface area (Å²) in [5, 5.41) is 0. The Balaban J connectivity index is 1.42. The van der Waals surface area contributed by atoms with E-state index in [4.69, 9.17) is 21.7 Å². The van der Waals surface area contributed by atoms with E-state index in [0.29, 0.717) is 21.5 Å². The average Bonchev–Trinajstić information content (AvgIpc) is 3.36. The van der Waals surface area contributed by atoms with Gasteiger partial charge in [0.25, 0.3) is 5.91 Å². The SMILES string of the molecule is Cn1c(/C=C2\SC(=S)N(Cc3ccc4c(c3)OCO4)C2=O)nc2ccccc21. The Hall–Kier alpha value is -2.84. The number of aromatic nitrogens is 2. The van der Waals surface area contributed by atoms with Crippen LogP contribution in [-0.4, -0.2) is 31.5 Å². The molecule has 5 rings (SSSR count). The van der Waals surface area contributed by atoms with Crippen molar-refractivity contribution in [1.29, 1.82) is 0 Å². The van der Waals surface area contributed by atoms with Crippen LogP contribution in [0.25, 0.3) is 17.1 Å². The Morgan fingerprint density at radius 1 is 1.21 bits per heavy atom. The van der Waals surface area contributed by atoms with Gasteiger partial charge >= 0.3 is 0 Å². The minimum absolute atomic E-state index is 0.111. The summed E-state index contributed by atoms with van der Waals surface area (Å²) in [6.07, 6.45) is 1.80. The predicted molar refractivity (Wildman–Crippen MR) is 112 cm³/mol. The zero-order valence-electron chi connectivity index (χ0n) is 14.9. The molecule has 1 aromatic heterocycles. The van der Waals surface area contributed by atoms with Crippen LogP contribution >= 0.6 is 24.0 Å². The van der Waals surface area contributed by atoms with Crippen LogP contribution in [0.2, 0.25) is 0 Å². The molecule has 0 unspecified atom stereocenters. The molecule has 3 aromatic rings. The molecular weight excluding hydrogens is 394 g/mol. The maximum atomic E-state index is 12.9. The molecule has 28 heavy (non-hydrogen) atoms. The van der Waals surface area contributed by atoms with Gasteiger partial charge in [-0.25, -0.2) is 4.98 Å². The van der Waals surface area contributed by atoms with Crippen molar-refractivity contribution in [3.05, 3.63) is 58.8 Å². The van der Waals surface area contributed by atoms with Gasteiger partial charge in [0.1, 0.15) is 10.1 Å². The van der Waals surface area contributed by atoms with Gasteiger partial charge in [0, 0.05) is 13.1 Å². The number of ether oxygens (including phenoxy) is 2. The number of fused-ring (bicyclic) bond motifs is 2. The molecule has 1 amide bonds. The lowest BCUT2D eigenvalue weighted by Crippen LogP contribution is -2.27. The summed E-state index contributed by atoms with van der Waals surface area (Å²) in [5.74, 6) is 2.03. The summed E-state index contributed by atoms with van der Waals surface area (Å²) in [6, 6.07) is 13.5. The molecule has 140 valence electrons. The summed E-state index contributed by atoms with van der Waals surface area (Å²) in [4.78, 5) is 19.7. The molecule has 0 radical (unpaired) electrons. The second-order valence-electron chi connectivity index (χ2n) is 6.47. The van der Waals surface area contributed by atoms with Gasteiger partial charge in [-0.2, -0.15) is 0 Å². The van der Waals surface area contributed by atoms with Crippen LogP contribution in [0.4, 0.5) is 0 Å². The monoisotopic (exact) mass is 409 g/mol. The fourth-order valence-corrected chi connectivity index (χ4v) is 4.49. The molecular formula is C20H15N3O3S2. The van der Waals surface area contributed by atoms with Gasteiger partial charge in [0.2, 0.25) is 6.79 Å². The number of thiocarbonyl (C=S) groups is 1. The lowest BCUT2D eigenvalue weighted by Gasteiger charge is -2.14. The zero-order chi connectivity index (χ0) is 19.3. The van der Waals surface area contributed by atoms with Gasteiger partial charge in [0.05, 0.1) is 22.5 Å². The Bertz CT molecular complexity index is 1170. The zero-order valence-corrected chi connectivity index (χ0v) is 16.5. The van der Waals surface area contributed by atoms with Gasteiger partial charge < -0.3 is 14.0 Å². The molecule has 2 aromatic carbocycles. The Kier molecular flexibility index (Phi) is 4.10. The molecule has 2 aliphatic heterocycles. The maximum absolute atomic E-state index is 12.9. The van der Waals surface area contributed by atoms with Gasteiger partial charge in [-0.15, -0.1) is 0 Å². The summed E-state index contributed by atoms with van der Waals surface area (Å²) >= 11 is 6.75. The van der Waals surface area contributed by atoms with Gasteiger partial charge in [-0.3, -0.25) is 9.69 Å². The second-order valence-corrected chi connectivity index (χ2v) is 8.15. The highest BCUT2D eigenvalue weighted by atomic mass is 32.2. The number of benzene rings is 2. The molecule has 0 bridgehead atoms. The fourth-order valence-electron chi connectivity index (χ4n) is 3.27. The normalized spacial score (nSPS) is 17.3. The highest BCUT2D eigenvalue weighted by Gasteiger charge is 2.32. The number of carbonyl (C=O) groups excluding carboxylic acids is 1. The van der Waals surface area contributed by atoms with Crippen molar-refractivity contribution >= 4 is 51.3 Å². The third-order valence-corrected chi connectivity index (χ3v) is 6.11. The summed E-state index contributed by atoms with van der Waals surface area (Å²) in [5.41, 5.74) is 2.85.